The molecule has 0 amide bonds. The Hall–Kier alpha value is -1.38. The Morgan fingerprint density at radius 3 is 2.18 bits per heavy atom. The van der Waals surface area contributed by atoms with Crippen molar-refractivity contribution in [2.24, 2.45) is 0 Å². The fraction of sp³-hybridized carbons (Fsp3) is 0.333. The van der Waals surface area contributed by atoms with Crippen LogP contribution in [0.2, 0.25) is 0 Å². The molecule has 2 heteroatoms. The van der Waals surface area contributed by atoms with Gasteiger partial charge in [-0.1, -0.05) is 36.4 Å². The van der Waals surface area contributed by atoms with Gasteiger partial charge in [0.05, 0.1) is 26.4 Å². The summed E-state index contributed by atoms with van der Waals surface area (Å²) in [7, 11) is 0. The highest BCUT2D eigenvalue weighted by atomic mass is 16.5. The SMILES string of the molecule is C=CCCOCc1ccccc1COCC=C. The van der Waals surface area contributed by atoms with Crippen LogP contribution in [0.1, 0.15) is 17.5 Å². The lowest BCUT2D eigenvalue weighted by Gasteiger charge is -2.09. The molecule has 0 heterocycles. The summed E-state index contributed by atoms with van der Waals surface area (Å²) in [6.07, 6.45) is 4.50. The lowest BCUT2D eigenvalue weighted by Crippen LogP contribution is -2.01. The van der Waals surface area contributed by atoms with Gasteiger partial charge in [-0.3, -0.25) is 0 Å². The summed E-state index contributed by atoms with van der Waals surface area (Å²) >= 11 is 0. The van der Waals surface area contributed by atoms with E-state index in [0.717, 1.165) is 6.42 Å². The van der Waals surface area contributed by atoms with Gasteiger partial charge in [0, 0.05) is 0 Å². The smallest absolute Gasteiger partial charge is 0.0724 e. The molecule has 17 heavy (non-hydrogen) atoms. The highest BCUT2D eigenvalue weighted by Crippen LogP contribution is 2.11. The van der Waals surface area contributed by atoms with E-state index in [1.165, 1.54) is 11.1 Å². The molecule has 0 aliphatic heterocycles. The van der Waals surface area contributed by atoms with Gasteiger partial charge in [-0.2, -0.15) is 0 Å². The molecule has 92 valence electrons. The molecule has 0 aliphatic rings. The summed E-state index contributed by atoms with van der Waals surface area (Å²) in [6, 6.07) is 8.17. The van der Waals surface area contributed by atoms with Crippen molar-refractivity contribution in [3.05, 3.63) is 60.7 Å². The Morgan fingerprint density at radius 1 is 0.941 bits per heavy atom. The minimum Gasteiger partial charge on any atom is -0.376 e. The fourth-order valence-corrected chi connectivity index (χ4v) is 1.44. The van der Waals surface area contributed by atoms with Crippen LogP contribution >= 0.6 is 0 Å². The van der Waals surface area contributed by atoms with Gasteiger partial charge in [0.2, 0.25) is 0 Å². The van der Waals surface area contributed by atoms with Crippen molar-refractivity contribution in [3.63, 3.8) is 0 Å². The molecule has 0 N–H and O–H groups in total. The molecular weight excluding hydrogens is 212 g/mol. The van der Waals surface area contributed by atoms with Gasteiger partial charge in [0.15, 0.2) is 0 Å². The van der Waals surface area contributed by atoms with E-state index in [0.29, 0.717) is 26.4 Å². The molecule has 1 aromatic rings. The highest BCUT2D eigenvalue weighted by molar-refractivity contribution is 5.25. The van der Waals surface area contributed by atoms with Gasteiger partial charge in [-0.15, -0.1) is 13.2 Å². The van der Waals surface area contributed by atoms with Crippen LogP contribution in [0.5, 0.6) is 0 Å². The van der Waals surface area contributed by atoms with E-state index in [4.69, 9.17) is 9.47 Å². The van der Waals surface area contributed by atoms with Crippen LogP contribution in [-0.4, -0.2) is 13.2 Å². The second-order valence-electron chi connectivity index (χ2n) is 3.70. The number of benzene rings is 1. The van der Waals surface area contributed by atoms with E-state index in [2.05, 4.69) is 25.3 Å². The number of ether oxygens (including phenoxy) is 2. The van der Waals surface area contributed by atoms with Gasteiger partial charge >= 0.3 is 0 Å². The predicted molar refractivity (Wildman–Crippen MR) is 70.8 cm³/mol. The van der Waals surface area contributed by atoms with Crippen LogP contribution in [0.3, 0.4) is 0 Å². The lowest BCUT2D eigenvalue weighted by atomic mass is 10.1. The van der Waals surface area contributed by atoms with Crippen molar-refractivity contribution in [1.82, 2.24) is 0 Å². The lowest BCUT2D eigenvalue weighted by molar-refractivity contribution is 0.118. The average molecular weight is 232 g/mol. The van der Waals surface area contributed by atoms with Gasteiger partial charge in [0.1, 0.15) is 0 Å². The monoisotopic (exact) mass is 232 g/mol. The van der Waals surface area contributed by atoms with Crippen LogP contribution in [0, 0.1) is 0 Å². The fourth-order valence-electron chi connectivity index (χ4n) is 1.44. The quantitative estimate of drug-likeness (QED) is 0.479. The predicted octanol–water partition coefficient (Wildman–Crippen LogP) is 3.48. The molecule has 0 aliphatic carbocycles. The Kier molecular flexibility index (Phi) is 7.03. The minimum atomic E-state index is 0.575. The molecule has 0 atom stereocenters. The largest absolute Gasteiger partial charge is 0.376 e. The summed E-state index contributed by atoms with van der Waals surface area (Å²) in [5.74, 6) is 0. The minimum absolute atomic E-state index is 0.575. The molecule has 1 rings (SSSR count). The third-order valence-electron chi connectivity index (χ3n) is 2.34. The van der Waals surface area contributed by atoms with Crippen molar-refractivity contribution < 1.29 is 9.47 Å². The molecular formula is C15H20O2. The number of rotatable bonds is 9. The molecule has 0 fully saturated rings. The maximum atomic E-state index is 5.56. The zero-order chi connectivity index (χ0) is 12.3. The van der Waals surface area contributed by atoms with Crippen LogP contribution in [0.15, 0.2) is 49.6 Å². The Morgan fingerprint density at radius 2 is 1.59 bits per heavy atom. The second-order valence-corrected chi connectivity index (χ2v) is 3.70. The summed E-state index contributed by atoms with van der Waals surface area (Å²) in [5.41, 5.74) is 2.36. The van der Waals surface area contributed by atoms with Crippen molar-refractivity contribution >= 4 is 0 Å². The average Bonchev–Trinajstić information content (AvgIpc) is 2.36. The van der Waals surface area contributed by atoms with Crippen LogP contribution < -0.4 is 0 Å². The van der Waals surface area contributed by atoms with Gasteiger partial charge in [-0.05, 0) is 17.5 Å². The van der Waals surface area contributed by atoms with Crippen LogP contribution in [-0.2, 0) is 22.7 Å². The van der Waals surface area contributed by atoms with Crippen LogP contribution in [0.25, 0.3) is 0 Å². The van der Waals surface area contributed by atoms with Crippen molar-refractivity contribution in [2.75, 3.05) is 13.2 Å². The Labute approximate surface area is 104 Å². The second kappa shape index (κ2) is 8.74. The molecule has 1 aromatic carbocycles. The first-order valence-electron chi connectivity index (χ1n) is 5.82. The first-order chi connectivity index (χ1) is 8.38. The summed E-state index contributed by atoms with van der Waals surface area (Å²) in [4.78, 5) is 0. The summed E-state index contributed by atoms with van der Waals surface area (Å²) < 4.78 is 11.0. The number of hydrogen-bond donors (Lipinski definition) is 0. The molecule has 0 aromatic heterocycles. The maximum Gasteiger partial charge on any atom is 0.0724 e. The molecule has 0 saturated heterocycles. The third-order valence-corrected chi connectivity index (χ3v) is 2.34. The van der Waals surface area contributed by atoms with E-state index in [9.17, 15) is 0 Å². The molecule has 0 bridgehead atoms. The molecule has 2 nitrogen and oxygen atoms in total. The van der Waals surface area contributed by atoms with Crippen molar-refractivity contribution in [1.29, 1.82) is 0 Å². The molecule has 0 radical (unpaired) electrons. The Bertz CT molecular complexity index is 345. The number of hydrogen-bond acceptors (Lipinski definition) is 2. The molecule has 0 unspecified atom stereocenters. The highest BCUT2D eigenvalue weighted by Gasteiger charge is 2.01. The summed E-state index contributed by atoms with van der Waals surface area (Å²) in [5, 5.41) is 0. The van der Waals surface area contributed by atoms with Crippen LogP contribution in [0.4, 0.5) is 0 Å². The third kappa shape index (κ3) is 5.48. The van der Waals surface area contributed by atoms with Gasteiger partial charge in [-0.25, -0.2) is 0 Å². The van der Waals surface area contributed by atoms with Crippen molar-refractivity contribution in [2.45, 2.75) is 19.6 Å². The first-order valence-corrected chi connectivity index (χ1v) is 5.82. The standard InChI is InChI=1S/C15H20O2/c1-3-5-11-17-13-15-9-7-6-8-14(15)12-16-10-4-2/h3-4,6-9H,1-2,5,10-13H2. The van der Waals surface area contributed by atoms with E-state index >= 15 is 0 Å². The van der Waals surface area contributed by atoms with E-state index in [1.54, 1.807) is 6.08 Å². The van der Waals surface area contributed by atoms with E-state index in [1.807, 2.05) is 18.2 Å². The zero-order valence-electron chi connectivity index (χ0n) is 10.2. The normalized spacial score (nSPS) is 10.1. The maximum absolute atomic E-state index is 5.56. The van der Waals surface area contributed by atoms with E-state index < -0.39 is 0 Å². The van der Waals surface area contributed by atoms with Crippen molar-refractivity contribution in [3.8, 4) is 0 Å². The van der Waals surface area contributed by atoms with Gasteiger partial charge < -0.3 is 9.47 Å². The molecule has 0 saturated carbocycles. The topological polar surface area (TPSA) is 18.5 Å². The summed E-state index contributed by atoms with van der Waals surface area (Å²) in [6.45, 7) is 9.81. The van der Waals surface area contributed by atoms with Gasteiger partial charge in [0.25, 0.3) is 0 Å². The van der Waals surface area contributed by atoms with E-state index in [-0.39, 0.29) is 0 Å². The zero-order valence-corrected chi connectivity index (χ0v) is 10.2. The first kappa shape index (κ1) is 13.7. The Balaban J connectivity index is 2.45. The molecule has 0 spiro atoms.